The molecule has 11 atom stereocenters. The highest BCUT2D eigenvalue weighted by molar-refractivity contribution is 7.90. The number of rotatable bonds is 11. The largest absolute Gasteiger partial charge is 0.481 e. The van der Waals surface area contributed by atoms with Crippen molar-refractivity contribution in [2.45, 2.75) is 163 Å². The zero-order valence-electron chi connectivity index (χ0n) is 40.3. The van der Waals surface area contributed by atoms with Gasteiger partial charge in [0.1, 0.15) is 11.6 Å². The molecule has 64 heavy (non-hydrogen) atoms. The van der Waals surface area contributed by atoms with E-state index in [4.69, 9.17) is 4.74 Å². The lowest BCUT2D eigenvalue weighted by molar-refractivity contribution is -0.238. The zero-order chi connectivity index (χ0) is 47.5. The lowest BCUT2D eigenvalue weighted by Crippen LogP contribution is -2.66. The number of sulfone groups is 1. The van der Waals surface area contributed by atoms with Gasteiger partial charge in [-0.1, -0.05) is 67.9 Å². The lowest BCUT2D eigenvalue weighted by atomic mass is 9.33. The first-order valence-electron chi connectivity index (χ1n) is 23.7. The number of nitrogens with one attached hydrogen (secondary N) is 2. The number of fused-ring (bicyclic) bond motifs is 7. The Morgan fingerprint density at radius 2 is 1.48 bits per heavy atom. The summed E-state index contributed by atoms with van der Waals surface area (Å²) in [7, 11) is -3.45. The molecular formula is C51H74N2O10S. The van der Waals surface area contributed by atoms with Gasteiger partial charge in [0.05, 0.1) is 22.8 Å². The minimum Gasteiger partial charge on any atom is -0.481 e. The SMILES string of the molecule is CC(C)C1=C2[C@H]3CC[C@@H]4[C@@]5(C)CC[C@H](OC(=O)[C@H]6C[C@@H](C(=O)O)C6(C)C)C(C)(C)[C@@H]5CC[C@@]4(C)[C@]3(C)CC[C@@]2([C@@H](O)CNC(=O)C(C)(C)NC(=O)c2ccc(S(C)(=O)=O)cc2)CC1=O. The summed E-state index contributed by atoms with van der Waals surface area (Å²) in [5.41, 5.74) is -1.24. The molecule has 4 N–H and O–H groups in total. The Morgan fingerprint density at radius 1 is 0.844 bits per heavy atom. The van der Waals surface area contributed by atoms with Crippen LogP contribution in [0.5, 0.6) is 0 Å². The molecule has 0 aliphatic heterocycles. The van der Waals surface area contributed by atoms with Crippen LogP contribution in [0.2, 0.25) is 0 Å². The Morgan fingerprint density at radius 3 is 2.06 bits per heavy atom. The van der Waals surface area contributed by atoms with Gasteiger partial charge in [-0.15, -0.1) is 0 Å². The number of allylic oxidation sites excluding steroid dienone is 1. The second-order valence-corrected chi connectivity index (χ2v) is 25.8. The number of amides is 2. The van der Waals surface area contributed by atoms with E-state index in [1.54, 1.807) is 13.8 Å². The number of esters is 1. The van der Waals surface area contributed by atoms with Gasteiger partial charge in [-0.05, 0) is 147 Å². The number of aliphatic carboxylic acids is 1. The molecule has 0 unspecified atom stereocenters. The van der Waals surface area contributed by atoms with E-state index in [2.05, 4.69) is 59.1 Å². The number of hydrogen-bond acceptors (Lipinski definition) is 9. The molecule has 2 amide bonds. The summed E-state index contributed by atoms with van der Waals surface area (Å²) in [6, 6.07) is 5.51. The van der Waals surface area contributed by atoms with Crippen molar-refractivity contribution >= 4 is 39.4 Å². The summed E-state index contributed by atoms with van der Waals surface area (Å²) in [4.78, 5) is 66.7. The summed E-state index contributed by atoms with van der Waals surface area (Å²) < 4.78 is 30.2. The molecule has 0 bridgehead atoms. The molecule has 1 aromatic carbocycles. The highest BCUT2D eigenvalue weighted by Crippen LogP contribution is 2.77. The molecule has 7 rings (SSSR count). The molecule has 12 nitrogen and oxygen atoms in total. The van der Waals surface area contributed by atoms with E-state index in [0.29, 0.717) is 24.7 Å². The molecule has 1 aromatic rings. The quantitative estimate of drug-likeness (QED) is 0.160. The van der Waals surface area contributed by atoms with Gasteiger partial charge in [0.15, 0.2) is 15.6 Å². The molecule has 5 saturated carbocycles. The fourth-order valence-electron chi connectivity index (χ4n) is 15.1. The minimum absolute atomic E-state index is 0.0154. The third-order valence-corrected chi connectivity index (χ3v) is 20.3. The molecule has 6 aliphatic carbocycles. The van der Waals surface area contributed by atoms with Crippen molar-refractivity contribution in [1.82, 2.24) is 10.6 Å². The number of Topliss-reactive ketones (excluding diaryl/α,β-unsaturated/α-hetero) is 1. The third-order valence-electron chi connectivity index (χ3n) is 19.2. The Bertz CT molecular complexity index is 2260. The van der Waals surface area contributed by atoms with Crippen LogP contribution in [-0.4, -0.2) is 78.7 Å². The van der Waals surface area contributed by atoms with E-state index in [0.717, 1.165) is 62.3 Å². The number of carbonyl (C=O) groups is 5. The van der Waals surface area contributed by atoms with Crippen LogP contribution in [0.4, 0.5) is 0 Å². The lowest BCUT2D eigenvalue weighted by Gasteiger charge is -2.72. The molecule has 354 valence electrons. The topological polar surface area (TPSA) is 193 Å². The number of aliphatic hydroxyl groups is 1. The molecule has 6 aliphatic rings. The van der Waals surface area contributed by atoms with Crippen molar-refractivity contribution in [3.8, 4) is 0 Å². The van der Waals surface area contributed by atoms with Crippen molar-refractivity contribution in [1.29, 1.82) is 0 Å². The maximum Gasteiger partial charge on any atom is 0.309 e. The molecule has 0 spiro atoms. The maximum absolute atomic E-state index is 14.2. The number of carboxylic acids is 1. The van der Waals surface area contributed by atoms with Crippen molar-refractivity contribution in [2.75, 3.05) is 12.8 Å². The average molecular weight is 907 g/mol. The van der Waals surface area contributed by atoms with Crippen LogP contribution in [0, 0.1) is 68.0 Å². The van der Waals surface area contributed by atoms with Gasteiger partial charge in [-0.3, -0.25) is 24.0 Å². The summed E-state index contributed by atoms with van der Waals surface area (Å²) in [6.07, 6.45) is 7.30. The second kappa shape index (κ2) is 15.8. The van der Waals surface area contributed by atoms with Gasteiger partial charge in [0.2, 0.25) is 5.91 Å². The first-order valence-corrected chi connectivity index (χ1v) is 25.6. The molecule has 0 aromatic heterocycles. The maximum atomic E-state index is 14.2. The van der Waals surface area contributed by atoms with Crippen LogP contribution >= 0.6 is 0 Å². The number of benzene rings is 1. The standard InChI is InChI=1S/C51H74N2O10S/c1-28(2)39-34(54)26-51(37(55)27-52-44(60)47(7,8)53-41(56)29-13-15-30(16-14-29)64(12,61)62)24-23-49(10)31(40(39)51)17-18-36-48(9)21-20-38(46(5,6)35(48)19-22-50(36,49)11)63-43(59)33-25-32(42(57)58)45(33,3)4/h13-16,28,31-33,35-38,55H,17-27H2,1-12H3,(H,52,60)(H,53,56)(H,57,58)/t31-,32+,33-,35+,36-,37+,38+,48+,49-,50-,51+/m1/s1. The number of carboxylic acid groups (broad SMARTS) is 1. The molecular weight excluding hydrogens is 833 g/mol. The number of carbonyl (C=O) groups excluding carboxylic acids is 4. The van der Waals surface area contributed by atoms with Crippen LogP contribution in [0.25, 0.3) is 0 Å². The molecule has 0 heterocycles. The van der Waals surface area contributed by atoms with E-state index in [1.165, 1.54) is 24.3 Å². The third kappa shape index (κ3) is 7.30. The number of hydrogen-bond donors (Lipinski definition) is 4. The second-order valence-electron chi connectivity index (χ2n) is 23.7. The summed E-state index contributed by atoms with van der Waals surface area (Å²) in [6.45, 7) is 22.9. The Hall–Kier alpha value is -3.58. The van der Waals surface area contributed by atoms with E-state index in [1.807, 2.05) is 13.8 Å². The predicted molar refractivity (Wildman–Crippen MR) is 242 cm³/mol. The van der Waals surface area contributed by atoms with Crippen LogP contribution in [0.1, 0.15) is 151 Å². The van der Waals surface area contributed by atoms with E-state index in [-0.39, 0.29) is 74.8 Å². The van der Waals surface area contributed by atoms with Crippen molar-refractivity contribution in [3.05, 3.63) is 41.0 Å². The van der Waals surface area contributed by atoms with Gasteiger partial charge >= 0.3 is 11.9 Å². The number of aliphatic hydroxyl groups excluding tert-OH is 1. The van der Waals surface area contributed by atoms with Gasteiger partial charge in [0, 0.05) is 35.6 Å². The molecule has 0 saturated heterocycles. The van der Waals surface area contributed by atoms with Gasteiger partial charge in [-0.2, -0.15) is 0 Å². The minimum atomic E-state index is -3.45. The van der Waals surface area contributed by atoms with Crippen molar-refractivity contribution < 1.29 is 47.3 Å². The van der Waals surface area contributed by atoms with Crippen molar-refractivity contribution in [3.63, 3.8) is 0 Å². The Balaban J connectivity index is 1.08. The van der Waals surface area contributed by atoms with E-state index < -0.39 is 61.9 Å². The molecule has 13 heteroatoms. The van der Waals surface area contributed by atoms with E-state index in [9.17, 15) is 42.6 Å². The first kappa shape index (κ1) is 48.4. The van der Waals surface area contributed by atoms with Crippen LogP contribution in [0.3, 0.4) is 0 Å². The summed E-state index contributed by atoms with van der Waals surface area (Å²) >= 11 is 0. The monoisotopic (exact) mass is 907 g/mol. The van der Waals surface area contributed by atoms with Crippen LogP contribution in [-0.2, 0) is 33.8 Å². The molecule has 0 radical (unpaired) electrons. The van der Waals surface area contributed by atoms with Gasteiger partial charge in [0.25, 0.3) is 5.91 Å². The van der Waals surface area contributed by atoms with Gasteiger partial charge in [-0.25, -0.2) is 8.42 Å². The number of ether oxygens (including phenoxy) is 1. The average Bonchev–Trinajstić information content (AvgIpc) is 3.50. The van der Waals surface area contributed by atoms with Crippen LogP contribution < -0.4 is 10.6 Å². The first-order chi connectivity index (χ1) is 29.4. The molecule has 5 fully saturated rings. The van der Waals surface area contributed by atoms with Crippen LogP contribution in [0.15, 0.2) is 40.3 Å². The zero-order valence-corrected chi connectivity index (χ0v) is 41.1. The van der Waals surface area contributed by atoms with E-state index >= 15 is 0 Å². The highest BCUT2D eigenvalue weighted by atomic mass is 32.2. The van der Waals surface area contributed by atoms with Crippen molar-refractivity contribution in [2.24, 2.45) is 68.0 Å². The fourth-order valence-corrected chi connectivity index (χ4v) is 15.7. The summed E-state index contributed by atoms with van der Waals surface area (Å²) in [5.74, 6) is -2.31. The summed E-state index contributed by atoms with van der Waals surface area (Å²) in [5, 5.41) is 27.7. The normalized spacial score (nSPS) is 36.9. The fraction of sp³-hybridized carbons (Fsp3) is 0.745. The predicted octanol–water partition coefficient (Wildman–Crippen LogP) is 7.72. The van der Waals surface area contributed by atoms with Gasteiger partial charge < -0.3 is 25.6 Å². The smallest absolute Gasteiger partial charge is 0.309 e. The Kier molecular flexibility index (Phi) is 11.9. The Labute approximate surface area is 380 Å². The highest BCUT2D eigenvalue weighted by Gasteiger charge is 2.71. The number of ketones is 1.